The molecule has 4 nitrogen and oxygen atoms in total. The molecule has 0 aromatic heterocycles. The Morgan fingerprint density at radius 1 is 1.00 bits per heavy atom. The molecule has 0 heterocycles. The monoisotopic (exact) mass is 446 g/mol. The molecule has 5 heteroatoms. The first kappa shape index (κ1) is 25.6. The molecule has 0 aliphatic heterocycles. The van der Waals surface area contributed by atoms with Crippen molar-refractivity contribution in [2.24, 2.45) is 0 Å². The highest BCUT2D eigenvalue weighted by molar-refractivity contribution is 7.64. The van der Waals surface area contributed by atoms with E-state index in [4.69, 9.17) is 9.26 Å². The molecule has 0 spiro atoms. The van der Waals surface area contributed by atoms with Gasteiger partial charge in [0.2, 0.25) is 7.37 Å². The van der Waals surface area contributed by atoms with Gasteiger partial charge in [-0.15, -0.1) is 0 Å². The van der Waals surface area contributed by atoms with E-state index in [1.54, 1.807) is 13.2 Å². The lowest BCUT2D eigenvalue weighted by Crippen LogP contribution is -2.18. The molecule has 1 atom stereocenters. The number of carbonyl (C=O) groups is 1. The lowest BCUT2D eigenvalue weighted by Gasteiger charge is -2.28. The van der Waals surface area contributed by atoms with E-state index in [9.17, 15) is 9.36 Å². The number of methoxy groups -OCH3 is 1. The SMILES string of the molecule is COc1c(C=CC(=O)C(=C2CCCC2)P(C)(=O)OC)cc(C(C)(C)C)cc1C(C)(C)C. The van der Waals surface area contributed by atoms with Crippen molar-refractivity contribution in [3.05, 3.63) is 45.8 Å². The predicted molar refractivity (Wildman–Crippen MR) is 130 cm³/mol. The van der Waals surface area contributed by atoms with Gasteiger partial charge < -0.3 is 9.26 Å². The molecule has 31 heavy (non-hydrogen) atoms. The summed E-state index contributed by atoms with van der Waals surface area (Å²) >= 11 is 0. The van der Waals surface area contributed by atoms with E-state index in [1.807, 2.05) is 0 Å². The van der Waals surface area contributed by atoms with Crippen molar-refractivity contribution in [1.29, 1.82) is 0 Å². The second-order valence-corrected chi connectivity index (χ2v) is 13.0. The molecule has 1 aliphatic rings. The summed E-state index contributed by atoms with van der Waals surface area (Å²) in [7, 11) is -0.0739. The van der Waals surface area contributed by atoms with Crippen molar-refractivity contribution in [1.82, 2.24) is 0 Å². The number of ether oxygens (including phenoxy) is 1. The van der Waals surface area contributed by atoms with E-state index >= 15 is 0 Å². The van der Waals surface area contributed by atoms with Gasteiger partial charge in [0, 0.05) is 24.9 Å². The third kappa shape index (κ3) is 5.99. The zero-order valence-corrected chi connectivity index (χ0v) is 21.6. The van der Waals surface area contributed by atoms with Crippen molar-refractivity contribution in [2.75, 3.05) is 20.9 Å². The Balaban J connectivity index is 2.61. The van der Waals surface area contributed by atoms with Crippen LogP contribution in [0.25, 0.3) is 6.08 Å². The minimum atomic E-state index is -3.15. The topological polar surface area (TPSA) is 52.6 Å². The molecule has 1 aromatic rings. The molecule has 0 N–H and O–H groups in total. The summed E-state index contributed by atoms with van der Waals surface area (Å²) in [5.74, 6) is 0.538. The van der Waals surface area contributed by atoms with E-state index in [2.05, 4.69) is 53.7 Å². The third-order valence-electron chi connectivity index (χ3n) is 5.94. The summed E-state index contributed by atoms with van der Waals surface area (Å²) < 4.78 is 24.1. The largest absolute Gasteiger partial charge is 0.496 e. The van der Waals surface area contributed by atoms with Crippen molar-refractivity contribution in [3.8, 4) is 5.75 Å². The molecule has 0 saturated heterocycles. The quantitative estimate of drug-likeness (QED) is 0.341. The average Bonchev–Trinajstić information content (AvgIpc) is 3.17. The summed E-state index contributed by atoms with van der Waals surface area (Å²) in [6.45, 7) is 14.5. The number of rotatable bonds is 6. The van der Waals surface area contributed by atoms with Gasteiger partial charge in [-0.2, -0.15) is 0 Å². The summed E-state index contributed by atoms with van der Waals surface area (Å²) in [6.07, 6.45) is 7.01. The van der Waals surface area contributed by atoms with Crippen LogP contribution in [0.4, 0.5) is 0 Å². The normalized spacial score (nSPS) is 17.1. The number of hydrogen-bond donors (Lipinski definition) is 0. The number of carbonyl (C=O) groups excluding carboxylic acids is 1. The van der Waals surface area contributed by atoms with Gasteiger partial charge >= 0.3 is 0 Å². The fourth-order valence-corrected chi connectivity index (χ4v) is 5.48. The van der Waals surface area contributed by atoms with Crippen LogP contribution in [0.2, 0.25) is 0 Å². The van der Waals surface area contributed by atoms with E-state index < -0.39 is 7.37 Å². The number of allylic oxidation sites excluding steroid dienone is 3. The second kappa shape index (κ2) is 9.46. The second-order valence-electron chi connectivity index (χ2n) is 10.5. The van der Waals surface area contributed by atoms with Gasteiger partial charge in [-0.1, -0.05) is 53.2 Å². The van der Waals surface area contributed by atoms with E-state index in [0.717, 1.165) is 48.1 Å². The van der Waals surface area contributed by atoms with Crippen LogP contribution >= 0.6 is 7.37 Å². The molecule has 1 saturated carbocycles. The first-order valence-electron chi connectivity index (χ1n) is 11.0. The van der Waals surface area contributed by atoms with Crippen LogP contribution in [0.3, 0.4) is 0 Å². The number of hydrogen-bond acceptors (Lipinski definition) is 4. The maximum absolute atomic E-state index is 13.2. The molecule has 1 unspecified atom stereocenters. The summed E-state index contributed by atoms with van der Waals surface area (Å²) in [5, 5.41) is 0.366. The fraction of sp³-hybridized carbons (Fsp3) is 0.577. The molecule has 1 aliphatic carbocycles. The lowest BCUT2D eigenvalue weighted by molar-refractivity contribution is -0.110. The number of ketones is 1. The maximum atomic E-state index is 13.2. The van der Waals surface area contributed by atoms with Gasteiger partial charge in [-0.3, -0.25) is 9.36 Å². The van der Waals surface area contributed by atoms with Crippen LogP contribution < -0.4 is 4.74 Å². The van der Waals surface area contributed by atoms with Crippen LogP contribution in [0.5, 0.6) is 5.75 Å². The minimum absolute atomic E-state index is 0.0506. The van der Waals surface area contributed by atoms with Crippen LogP contribution in [0, 0.1) is 0 Å². The molecule has 0 amide bonds. The minimum Gasteiger partial charge on any atom is -0.496 e. The Kier molecular flexibility index (Phi) is 7.82. The van der Waals surface area contributed by atoms with Crippen molar-refractivity contribution < 1.29 is 18.6 Å². The summed E-state index contributed by atoms with van der Waals surface area (Å²) in [6, 6.07) is 4.29. The highest BCUT2D eigenvalue weighted by Crippen LogP contribution is 2.54. The van der Waals surface area contributed by atoms with E-state index in [1.165, 1.54) is 25.4 Å². The lowest BCUT2D eigenvalue weighted by atomic mass is 9.79. The predicted octanol–water partition coefficient (Wildman–Crippen LogP) is 7.25. The third-order valence-corrected chi connectivity index (χ3v) is 7.99. The maximum Gasteiger partial charge on any atom is 0.232 e. The van der Waals surface area contributed by atoms with Crippen molar-refractivity contribution in [2.45, 2.75) is 78.1 Å². The van der Waals surface area contributed by atoms with Crippen molar-refractivity contribution in [3.63, 3.8) is 0 Å². The standard InChI is InChI=1S/C26H39O4P/c1-25(2,3)20-16-19(23(29-7)21(17-20)26(4,5)6)14-15-22(27)24(31(9,28)30-8)18-12-10-11-13-18/h14-17H,10-13H2,1-9H3. The van der Waals surface area contributed by atoms with Crippen LogP contribution in [-0.4, -0.2) is 26.7 Å². The Labute approximate surface area is 188 Å². The van der Waals surface area contributed by atoms with E-state index in [0.29, 0.717) is 5.31 Å². The van der Waals surface area contributed by atoms with Crippen LogP contribution in [0.1, 0.15) is 83.9 Å². The molecule has 2 rings (SSSR count). The van der Waals surface area contributed by atoms with Gasteiger partial charge in [0.15, 0.2) is 5.78 Å². The zero-order chi connectivity index (χ0) is 23.6. The summed E-state index contributed by atoms with van der Waals surface area (Å²) in [5.41, 5.74) is 3.94. The Morgan fingerprint density at radius 2 is 1.58 bits per heavy atom. The highest BCUT2D eigenvalue weighted by Gasteiger charge is 2.31. The van der Waals surface area contributed by atoms with Gasteiger partial charge in [-0.25, -0.2) is 0 Å². The van der Waals surface area contributed by atoms with Gasteiger partial charge in [0.25, 0.3) is 0 Å². The first-order chi connectivity index (χ1) is 14.2. The van der Waals surface area contributed by atoms with Gasteiger partial charge in [0.1, 0.15) is 5.75 Å². The molecule has 172 valence electrons. The van der Waals surface area contributed by atoms with Crippen LogP contribution in [0.15, 0.2) is 29.1 Å². The smallest absolute Gasteiger partial charge is 0.232 e. The van der Waals surface area contributed by atoms with E-state index in [-0.39, 0.29) is 16.6 Å². The van der Waals surface area contributed by atoms with Crippen molar-refractivity contribution >= 4 is 19.2 Å². The highest BCUT2D eigenvalue weighted by atomic mass is 31.2. The Morgan fingerprint density at radius 3 is 2.03 bits per heavy atom. The zero-order valence-electron chi connectivity index (χ0n) is 20.7. The molecular formula is C26H39O4P. The molecule has 0 radical (unpaired) electrons. The van der Waals surface area contributed by atoms with Gasteiger partial charge in [0.05, 0.1) is 12.4 Å². The fourth-order valence-electron chi connectivity index (χ4n) is 4.03. The Hall–Kier alpha value is -1.64. The molecule has 1 fully saturated rings. The van der Waals surface area contributed by atoms with Crippen LogP contribution in [-0.2, 0) is 24.7 Å². The van der Waals surface area contributed by atoms with Gasteiger partial charge in [-0.05, 0) is 60.3 Å². The average molecular weight is 447 g/mol. The molecule has 0 bridgehead atoms. The summed E-state index contributed by atoms with van der Waals surface area (Å²) in [4.78, 5) is 13.2. The molecular weight excluding hydrogens is 407 g/mol. The Bertz CT molecular complexity index is 931. The number of benzene rings is 1. The molecule has 1 aromatic carbocycles. The first-order valence-corrected chi connectivity index (χ1v) is 13.1.